The van der Waals surface area contributed by atoms with Gasteiger partial charge in [-0.2, -0.15) is 5.26 Å². The monoisotopic (exact) mass is 585 g/mol. The van der Waals surface area contributed by atoms with Crippen LogP contribution in [-0.4, -0.2) is 72.5 Å². The number of hydrogen-bond donors (Lipinski definition) is 2. The third-order valence-corrected chi connectivity index (χ3v) is 8.23. The van der Waals surface area contributed by atoms with Gasteiger partial charge in [-0.15, -0.1) is 0 Å². The molecule has 1 fully saturated rings. The summed E-state index contributed by atoms with van der Waals surface area (Å²) < 4.78 is 22.4. The van der Waals surface area contributed by atoms with Gasteiger partial charge in [-0.25, -0.2) is 4.79 Å². The standard InChI is InChI=1S/C33H47NO8/c1-21(16-17-34)10-8-11-23(3)32(40-7)24(4)27-20-28(36)33(5)29(42-33)15-14-22(2)26(35)18-25(19-31(38)39-6)12-9-13-30(37)41-27/h8-11,13-16,22,24-29,32,35-36H,12,18-20H2,1-7H3/b10-8+,13-9+,15-14+,21-16+,23-11+/t22?,24-,25-,26-,27+,28+,29-,32+,33-/m1/s1. The van der Waals surface area contributed by atoms with Gasteiger partial charge in [0.15, 0.2) is 0 Å². The van der Waals surface area contributed by atoms with Crippen LogP contribution in [0.4, 0.5) is 0 Å². The number of cyclic esters (lactones) is 1. The number of aliphatic hydroxyl groups excluding tert-OH is 2. The molecule has 2 rings (SSSR count). The molecule has 1 unspecified atom stereocenters. The van der Waals surface area contributed by atoms with Gasteiger partial charge in [-0.1, -0.05) is 50.3 Å². The minimum atomic E-state index is -0.936. The first kappa shape index (κ1) is 35.2. The topological polar surface area (TPSA) is 139 Å². The highest BCUT2D eigenvalue weighted by Crippen LogP contribution is 2.43. The Labute approximate surface area is 250 Å². The second-order valence-corrected chi connectivity index (χ2v) is 11.6. The van der Waals surface area contributed by atoms with E-state index in [2.05, 4.69) is 0 Å². The van der Waals surface area contributed by atoms with Gasteiger partial charge >= 0.3 is 11.9 Å². The fraction of sp³-hybridized carbons (Fsp3) is 0.606. The van der Waals surface area contributed by atoms with Crippen molar-refractivity contribution >= 4 is 11.9 Å². The van der Waals surface area contributed by atoms with Crippen LogP contribution in [0.15, 0.2) is 59.8 Å². The molecule has 0 aromatic carbocycles. The molecule has 2 N–H and O–H groups in total. The van der Waals surface area contributed by atoms with E-state index in [9.17, 15) is 19.8 Å². The lowest BCUT2D eigenvalue weighted by Gasteiger charge is -2.32. The maximum absolute atomic E-state index is 13.0. The van der Waals surface area contributed by atoms with Gasteiger partial charge in [-0.3, -0.25) is 4.79 Å². The van der Waals surface area contributed by atoms with Gasteiger partial charge in [0.2, 0.25) is 0 Å². The Morgan fingerprint density at radius 1 is 1.26 bits per heavy atom. The highest BCUT2D eigenvalue weighted by atomic mass is 16.6. The van der Waals surface area contributed by atoms with Crippen molar-refractivity contribution in [1.29, 1.82) is 5.26 Å². The quantitative estimate of drug-likeness (QED) is 0.138. The maximum Gasteiger partial charge on any atom is 0.330 e. The molecule has 2 aliphatic rings. The van der Waals surface area contributed by atoms with E-state index < -0.39 is 36.0 Å². The molecule has 0 aliphatic carbocycles. The number of aliphatic hydroxyl groups is 2. The predicted molar refractivity (Wildman–Crippen MR) is 159 cm³/mol. The summed E-state index contributed by atoms with van der Waals surface area (Å²) in [6, 6.07) is 2.00. The molecule has 0 amide bonds. The van der Waals surface area contributed by atoms with Crippen molar-refractivity contribution in [3.63, 3.8) is 0 Å². The van der Waals surface area contributed by atoms with E-state index >= 15 is 0 Å². The average molecular weight is 586 g/mol. The fourth-order valence-corrected chi connectivity index (χ4v) is 5.26. The first-order valence-electron chi connectivity index (χ1n) is 14.5. The van der Waals surface area contributed by atoms with E-state index in [1.54, 1.807) is 13.2 Å². The number of esters is 2. The predicted octanol–water partition coefficient (Wildman–Crippen LogP) is 4.51. The largest absolute Gasteiger partial charge is 0.469 e. The summed E-state index contributed by atoms with van der Waals surface area (Å²) in [5.41, 5.74) is 0.822. The van der Waals surface area contributed by atoms with E-state index in [-0.39, 0.29) is 42.7 Å². The second kappa shape index (κ2) is 16.6. The summed E-state index contributed by atoms with van der Waals surface area (Å²) in [6.07, 6.45) is 11.5. The van der Waals surface area contributed by atoms with Crippen molar-refractivity contribution in [2.24, 2.45) is 17.8 Å². The van der Waals surface area contributed by atoms with Gasteiger partial charge in [0.1, 0.15) is 17.8 Å². The first-order chi connectivity index (χ1) is 19.9. The summed E-state index contributed by atoms with van der Waals surface area (Å²) >= 11 is 0. The highest BCUT2D eigenvalue weighted by Gasteiger charge is 2.56. The van der Waals surface area contributed by atoms with Crippen molar-refractivity contribution in [1.82, 2.24) is 0 Å². The molecule has 9 atom stereocenters. The van der Waals surface area contributed by atoms with Crippen molar-refractivity contribution < 1.29 is 38.7 Å². The summed E-state index contributed by atoms with van der Waals surface area (Å²) in [5, 5.41) is 30.8. The Morgan fingerprint density at radius 2 is 1.98 bits per heavy atom. The number of allylic oxidation sites excluding steroid dienone is 6. The lowest BCUT2D eigenvalue weighted by Crippen LogP contribution is -2.41. The van der Waals surface area contributed by atoms with Crippen LogP contribution in [0.2, 0.25) is 0 Å². The van der Waals surface area contributed by atoms with E-state index in [0.29, 0.717) is 12.8 Å². The molecule has 0 spiro atoms. The Bertz CT molecular complexity index is 1120. The van der Waals surface area contributed by atoms with Gasteiger partial charge in [-0.05, 0) is 50.7 Å². The van der Waals surface area contributed by atoms with Crippen LogP contribution >= 0.6 is 0 Å². The number of nitrogens with zero attached hydrogens (tertiary/aromatic N) is 1. The molecule has 0 aromatic heterocycles. The zero-order chi connectivity index (χ0) is 31.4. The zero-order valence-corrected chi connectivity index (χ0v) is 25.9. The second-order valence-electron chi connectivity index (χ2n) is 11.6. The van der Waals surface area contributed by atoms with Crippen LogP contribution in [0.5, 0.6) is 0 Å². The number of ether oxygens (including phenoxy) is 4. The van der Waals surface area contributed by atoms with E-state index in [1.165, 1.54) is 19.3 Å². The molecule has 9 heteroatoms. The van der Waals surface area contributed by atoms with E-state index in [4.69, 9.17) is 24.2 Å². The molecule has 0 saturated carbocycles. The molecular weight excluding hydrogens is 538 g/mol. The Balaban J connectivity index is 2.35. The summed E-state index contributed by atoms with van der Waals surface area (Å²) in [7, 11) is 2.91. The molecule has 42 heavy (non-hydrogen) atoms. The third kappa shape index (κ3) is 10.4. The first-order valence-corrected chi connectivity index (χ1v) is 14.5. The number of carbonyl (C=O) groups excluding carboxylic acids is 2. The van der Waals surface area contributed by atoms with Crippen LogP contribution in [-0.2, 0) is 28.5 Å². The minimum Gasteiger partial charge on any atom is -0.469 e. The van der Waals surface area contributed by atoms with Crippen molar-refractivity contribution in [3.8, 4) is 6.07 Å². The molecule has 232 valence electrons. The summed E-state index contributed by atoms with van der Waals surface area (Å²) in [5.74, 6) is -1.74. The molecule has 2 heterocycles. The fourth-order valence-electron chi connectivity index (χ4n) is 5.26. The highest BCUT2D eigenvalue weighted by molar-refractivity contribution is 5.82. The Morgan fingerprint density at radius 3 is 2.62 bits per heavy atom. The summed E-state index contributed by atoms with van der Waals surface area (Å²) in [4.78, 5) is 25.0. The molecule has 0 bridgehead atoms. The van der Waals surface area contributed by atoms with Gasteiger partial charge in [0, 0.05) is 43.9 Å². The van der Waals surface area contributed by atoms with Crippen LogP contribution in [0.25, 0.3) is 0 Å². The average Bonchev–Trinajstić information content (AvgIpc) is 3.61. The van der Waals surface area contributed by atoms with Crippen molar-refractivity contribution in [2.75, 3.05) is 14.2 Å². The van der Waals surface area contributed by atoms with Gasteiger partial charge in [0.05, 0.1) is 31.5 Å². The van der Waals surface area contributed by atoms with Crippen LogP contribution in [0.3, 0.4) is 0 Å². The molecule has 1 saturated heterocycles. The number of rotatable bonds is 8. The molecule has 0 radical (unpaired) electrons. The van der Waals surface area contributed by atoms with Crippen LogP contribution in [0, 0.1) is 29.1 Å². The SMILES string of the molecule is COC(=O)C[C@@H]1C/C=C/C(=O)O[C@H]([C@@H](C)[C@@H](OC)/C(C)=C/C=C/C(C)=C/C#N)C[C@H](O)[C@@]2(C)O[C@@H]2/C=C/C(C)[C@H](O)C1. The lowest BCUT2D eigenvalue weighted by molar-refractivity contribution is -0.150. The number of methoxy groups -OCH3 is 2. The maximum atomic E-state index is 13.0. The third-order valence-electron chi connectivity index (χ3n) is 8.23. The number of epoxide rings is 1. The van der Waals surface area contributed by atoms with E-state index in [0.717, 1.165) is 11.1 Å². The lowest BCUT2D eigenvalue weighted by atomic mass is 9.85. The number of fused-ring (bicyclic) bond motifs is 1. The molecular formula is C33H47NO8. The van der Waals surface area contributed by atoms with Gasteiger partial charge in [0.25, 0.3) is 0 Å². The summed E-state index contributed by atoms with van der Waals surface area (Å²) in [6.45, 7) is 9.35. The Kier molecular flexibility index (Phi) is 13.9. The van der Waals surface area contributed by atoms with Crippen molar-refractivity contribution in [2.45, 2.75) is 96.4 Å². The van der Waals surface area contributed by atoms with Crippen LogP contribution < -0.4 is 0 Å². The minimum absolute atomic E-state index is 0.112. The molecule has 2 aliphatic heterocycles. The number of carbonyl (C=O) groups is 2. The smallest absolute Gasteiger partial charge is 0.330 e. The zero-order valence-electron chi connectivity index (χ0n) is 25.9. The number of hydrogen-bond acceptors (Lipinski definition) is 9. The van der Waals surface area contributed by atoms with Crippen LogP contribution in [0.1, 0.15) is 60.3 Å². The Hall–Kier alpha value is -3.03. The molecule has 9 nitrogen and oxygen atoms in total. The van der Waals surface area contributed by atoms with Gasteiger partial charge < -0.3 is 29.2 Å². The van der Waals surface area contributed by atoms with Crippen molar-refractivity contribution in [3.05, 3.63) is 59.8 Å². The molecule has 0 aromatic rings. The normalized spacial score (nSPS) is 34.4. The number of nitriles is 1. The van der Waals surface area contributed by atoms with E-state index in [1.807, 2.05) is 71.1 Å².